The summed E-state index contributed by atoms with van der Waals surface area (Å²) in [7, 11) is 1.84. The van der Waals surface area contributed by atoms with Crippen molar-refractivity contribution >= 4 is 23.9 Å². The van der Waals surface area contributed by atoms with Crippen molar-refractivity contribution in [3.63, 3.8) is 0 Å². The largest absolute Gasteiger partial charge is 0.504 e. The van der Waals surface area contributed by atoms with Gasteiger partial charge >= 0.3 is 23.9 Å². The topological polar surface area (TPSA) is 186 Å². The molecule has 0 aliphatic heterocycles. The van der Waals surface area contributed by atoms with E-state index in [9.17, 15) is 39.6 Å². The maximum Gasteiger partial charge on any atom is 0.351 e. The second-order valence-electron chi connectivity index (χ2n) is 6.11. The number of esters is 4. The van der Waals surface area contributed by atoms with E-state index >= 15 is 0 Å². The van der Waals surface area contributed by atoms with E-state index in [0.717, 1.165) is 50.6 Å². The van der Waals surface area contributed by atoms with E-state index in [1.165, 1.54) is 0 Å². The van der Waals surface area contributed by atoms with Crippen molar-refractivity contribution in [3.05, 3.63) is 47.5 Å². The molecule has 2 rings (SSSR count). The molecule has 0 spiro atoms. The Morgan fingerprint density at radius 2 is 0.969 bits per heavy atom. The first-order chi connectivity index (χ1) is 15.1. The number of carbonyl (C=O) groups excluding carboxylic acids is 4. The zero-order valence-electron chi connectivity index (χ0n) is 16.7. The third-order valence-corrected chi connectivity index (χ3v) is 4.03. The first kappa shape index (κ1) is 23.8. The highest BCUT2D eigenvalue weighted by Gasteiger charge is 2.42. The van der Waals surface area contributed by atoms with Gasteiger partial charge in [0.1, 0.15) is 0 Å². The van der Waals surface area contributed by atoms with Crippen LogP contribution >= 0.6 is 0 Å². The fraction of sp³-hybridized carbons (Fsp3) is 0.200. The van der Waals surface area contributed by atoms with Gasteiger partial charge in [-0.15, -0.1) is 0 Å². The number of hydrogen-bond acceptors (Lipinski definition) is 12. The third kappa shape index (κ3) is 5.36. The number of benzene rings is 2. The van der Waals surface area contributed by atoms with Crippen molar-refractivity contribution in [2.45, 2.75) is 12.2 Å². The van der Waals surface area contributed by atoms with Crippen molar-refractivity contribution in [1.82, 2.24) is 0 Å². The van der Waals surface area contributed by atoms with E-state index in [2.05, 4.69) is 9.47 Å². The molecule has 0 bridgehead atoms. The number of rotatable bonds is 7. The molecule has 0 unspecified atom stereocenters. The molecule has 2 aromatic rings. The number of aromatic hydroxyl groups is 4. The summed E-state index contributed by atoms with van der Waals surface area (Å²) in [6, 6.07) is 5.76. The van der Waals surface area contributed by atoms with Gasteiger partial charge in [-0.2, -0.15) is 0 Å². The minimum Gasteiger partial charge on any atom is -0.504 e. The Bertz CT molecular complexity index is 961. The third-order valence-electron chi connectivity index (χ3n) is 4.03. The normalized spacial score (nSPS) is 12.2. The molecule has 12 heteroatoms. The van der Waals surface area contributed by atoms with Gasteiger partial charge in [-0.3, -0.25) is 0 Å². The van der Waals surface area contributed by atoms with Crippen molar-refractivity contribution in [2.75, 3.05) is 14.2 Å². The smallest absolute Gasteiger partial charge is 0.351 e. The molecule has 0 aliphatic rings. The summed E-state index contributed by atoms with van der Waals surface area (Å²) in [5, 5.41) is 37.7. The van der Waals surface area contributed by atoms with E-state index in [1.807, 2.05) is 0 Å². The van der Waals surface area contributed by atoms with Gasteiger partial charge in [0, 0.05) is 0 Å². The Kier molecular flexibility index (Phi) is 7.45. The lowest BCUT2D eigenvalue weighted by atomic mass is 10.1. The SMILES string of the molecule is COC(=O)[C@H](OC(=O)c1ccc(O)c(O)c1)[C@@H](OC(=O)c1ccc(O)c(O)c1)C(=O)OC. The van der Waals surface area contributed by atoms with Crippen LogP contribution in [0.5, 0.6) is 23.0 Å². The van der Waals surface area contributed by atoms with E-state index < -0.39 is 59.1 Å². The monoisotopic (exact) mass is 450 g/mol. The van der Waals surface area contributed by atoms with Gasteiger partial charge in [-0.1, -0.05) is 0 Å². The van der Waals surface area contributed by atoms with Crippen molar-refractivity contribution in [1.29, 1.82) is 0 Å². The molecule has 12 nitrogen and oxygen atoms in total. The second-order valence-corrected chi connectivity index (χ2v) is 6.11. The van der Waals surface area contributed by atoms with Crippen molar-refractivity contribution in [3.8, 4) is 23.0 Å². The van der Waals surface area contributed by atoms with Crippen LogP contribution in [0.3, 0.4) is 0 Å². The Morgan fingerprint density at radius 3 is 1.25 bits per heavy atom. The van der Waals surface area contributed by atoms with Crippen molar-refractivity contribution < 1.29 is 58.6 Å². The molecule has 0 saturated carbocycles. The highest BCUT2D eigenvalue weighted by atomic mass is 16.6. The molecule has 170 valence electrons. The molecular formula is C20H18O12. The summed E-state index contributed by atoms with van der Waals surface area (Å²) in [6.45, 7) is 0. The van der Waals surface area contributed by atoms with Crippen LogP contribution in [0.25, 0.3) is 0 Å². The zero-order valence-corrected chi connectivity index (χ0v) is 16.7. The summed E-state index contributed by atoms with van der Waals surface area (Å²) >= 11 is 0. The molecule has 4 N–H and O–H groups in total. The van der Waals surface area contributed by atoms with Crippen LogP contribution in [0.4, 0.5) is 0 Å². The van der Waals surface area contributed by atoms with Gasteiger partial charge < -0.3 is 39.4 Å². The van der Waals surface area contributed by atoms with Crippen LogP contribution in [0.15, 0.2) is 36.4 Å². The number of phenolic OH excluding ortho intramolecular Hbond substituents is 4. The molecule has 0 saturated heterocycles. The summed E-state index contributed by atoms with van der Waals surface area (Å²) in [6.07, 6.45) is -4.24. The number of ether oxygens (including phenoxy) is 4. The van der Waals surface area contributed by atoms with Gasteiger partial charge in [0.05, 0.1) is 25.3 Å². The average molecular weight is 450 g/mol. The number of methoxy groups -OCH3 is 2. The van der Waals surface area contributed by atoms with Crippen LogP contribution in [0, 0.1) is 0 Å². The molecule has 0 heterocycles. The standard InChI is InChI=1S/C20H18O12/c1-29-19(27)15(31-17(25)9-3-5-11(21)13(23)7-9)16(20(28)30-2)32-18(26)10-4-6-12(22)14(24)8-10/h3-8,15-16,21-24H,1-2H3/t15-,16-/m1/s1. The molecule has 0 aliphatic carbocycles. The molecule has 0 radical (unpaired) electrons. The minimum atomic E-state index is -2.12. The van der Waals surface area contributed by atoms with E-state index in [4.69, 9.17) is 9.47 Å². The fourth-order valence-electron chi connectivity index (χ4n) is 2.37. The minimum absolute atomic E-state index is 0.312. The lowest BCUT2D eigenvalue weighted by molar-refractivity contribution is -0.170. The Balaban J connectivity index is 2.35. The van der Waals surface area contributed by atoms with Gasteiger partial charge in [-0.05, 0) is 36.4 Å². The zero-order chi connectivity index (χ0) is 24.0. The van der Waals surface area contributed by atoms with Crippen LogP contribution < -0.4 is 0 Å². The molecule has 32 heavy (non-hydrogen) atoms. The molecule has 2 aromatic carbocycles. The average Bonchev–Trinajstić information content (AvgIpc) is 2.78. The van der Waals surface area contributed by atoms with Crippen LogP contribution in [-0.4, -0.2) is 70.7 Å². The van der Waals surface area contributed by atoms with Crippen molar-refractivity contribution in [2.24, 2.45) is 0 Å². The van der Waals surface area contributed by atoms with Gasteiger partial charge in [0.25, 0.3) is 0 Å². The maximum atomic E-state index is 12.4. The van der Waals surface area contributed by atoms with Crippen LogP contribution in [0.1, 0.15) is 20.7 Å². The highest BCUT2D eigenvalue weighted by molar-refractivity contribution is 5.96. The molecule has 0 aromatic heterocycles. The molecule has 2 atom stereocenters. The number of hydrogen-bond donors (Lipinski definition) is 4. The first-order valence-corrected chi connectivity index (χ1v) is 8.70. The summed E-state index contributed by atoms with van der Waals surface area (Å²) in [5.74, 6) is -7.38. The lowest BCUT2D eigenvalue weighted by Crippen LogP contribution is -2.47. The predicted molar refractivity (Wildman–Crippen MR) is 102 cm³/mol. The molecule has 0 amide bonds. The Hall–Kier alpha value is -4.48. The summed E-state index contributed by atoms with van der Waals surface area (Å²) in [5.41, 5.74) is -0.625. The van der Waals surface area contributed by atoms with Gasteiger partial charge in [-0.25, -0.2) is 19.2 Å². The molecule has 0 fully saturated rings. The fourth-order valence-corrected chi connectivity index (χ4v) is 2.37. The maximum absolute atomic E-state index is 12.4. The lowest BCUT2D eigenvalue weighted by Gasteiger charge is -2.23. The van der Waals surface area contributed by atoms with Gasteiger partial charge in [0.2, 0.25) is 12.2 Å². The van der Waals surface area contributed by atoms with Crippen LogP contribution in [-0.2, 0) is 28.5 Å². The summed E-state index contributed by atoms with van der Waals surface area (Å²) < 4.78 is 19.0. The van der Waals surface area contributed by atoms with E-state index in [0.29, 0.717) is 0 Å². The van der Waals surface area contributed by atoms with Gasteiger partial charge in [0.15, 0.2) is 23.0 Å². The van der Waals surface area contributed by atoms with E-state index in [1.54, 1.807) is 0 Å². The first-order valence-electron chi connectivity index (χ1n) is 8.70. The predicted octanol–water partition coefficient (Wildman–Crippen LogP) is 0.606. The quantitative estimate of drug-likeness (QED) is 0.262. The Morgan fingerprint density at radius 1 is 0.625 bits per heavy atom. The van der Waals surface area contributed by atoms with E-state index in [-0.39, 0.29) is 11.1 Å². The number of phenols is 4. The highest BCUT2D eigenvalue weighted by Crippen LogP contribution is 2.27. The molecular weight excluding hydrogens is 432 g/mol. The Labute approximate surface area is 180 Å². The number of carbonyl (C=O) groups is 4. The summed E-state index contributed by atoms with van der Waals surface area (Å²) in [4.78, 5) is 49.3. The van der Waals surface area contributed by atoms with Crippen LogP contribution in [0.2, 0.25) is 0 Å². The second kappa shape index (κ2) is 10.0.